The molecular weight excluding hydrogens is 314 g/mol. The van der Waals surface area contributed by atoms with E-state index < -0.39 is 30.6 Å². The second-order valence-corrected chi connectivity index (χ2v) is 6.60. The third-order valence-corrected chi connectivity index (χ3v) is 4.55. The average Bonchev–Trinajstić information content (AvgIpc) is 3.09. The normalized spacial score (nSPS) is 30.5. The summed E-state index contributed by atoms with van der Waals surface area (Å²) in [4.78, 5) is 12.3. The van der Waals surface area contributed by atoms with E-state index in [2.05, 4.69) is 28.8 Å². The number of nitrogens with zero attached hydrogens (tertiary/aromatic N) is 4. The van der Waals surface area contributed by atoms with Crippen molar-refractivity contribution in [2.24, 2.45) is 5.92 Å². The molecule has 132 valence electrons. The number of hydrogen-bond acceptors (Lipinski definition) is 8. The monoisotopic (exact) mass is 337 g/mol. The molecule has 0 spiro atoms. The summed E-state index contributed by atoms with van der Waals surface area (Å²) in [6.45, 7) is 3.72. The number of aliphatic hydroxyl groups is 3. The number of aliphatic hydroxyl groups excluding tert-OH is 3. The Balaban J connectivity index is 2.12. The Bertz CT molecular complexity index is 721. The van der Waals surface area contributed by atoms with Crippen LogP contribution >= 0.6 is 0 Å². The van der Waals surface area contributed by atoms with Gasteiger partial charge in [-0.05, 0) is 18.8 Å². The third kappa shape index (κ3) is 2.53. The number of anilines is 1. The summed E-state index contributed by atoms with van der Waals surface area (Å²) in [5, 5.41) is 30.4. The summed E-state index contributed by atoms with van der Waals surface area (Å²) < 4.78 is 7.53. The van der Waals surface area contributed by atoms with Gasteiger partial charge in [0.25, 0.3) is 0 Å². The van der Waals surface area contributed by atoms with E-state index >= 15 is 0 Å². The van der Waals surface area contributed by atoms with Crippen molar-refractivity contribution in [1.82, 2.24) is 19.5 Å². The minimum Gasteiger partial charge on any atom is -0.394 e. The maximum absolute atomic E-state index is 10.7. The Hall–Kier alpha value is -1.81. The van der Waals surface area contributed by atoms with Crippen molar-refractivity contribution < 1.29 is 20.1 Å². The Kier molecular flexibility index (Phi) is 4.43. The van der Waals surface area contributed by atoms with Crippen molar-refractivity contribution >= 4 is 17.0 Å². The average molecular weight is 337 g/mol. The number of rotatable bonds is 5. The molecule has 4 atom stereocenters. The lowest BCUT2D eigenvalue weighted by molar-refractivity contribution is -0.152. The fourth-order valence-corrected chi connectivity index (χ4v) is 3.17. The molecule has 0 aromatic carbocycles. The Labute approximate surface area is 139 Å². The van der Waals surface area contributed by atoms with Crippen LogP contribution in [0.15, 0.2) is 12.7 Å². The smallest absolute Gasteiger partial charge is 0.176 e. The fourth-order valence-electron chi connectivity index (χ4n) is 3.17. The van der Waals surface area contributed by atoms with Crippen LogP contribution in [0.1, 0.15) is 26.7 Å². The van der Waals surface area contributed by atoms with Crippen LogP contribution in [0, 0.1) is 5.92 Å². The zero-order valence-electron chi connectivity index (χ0n) is 13.7. The Morgan fingerprint density at radius 3 is 2.71 bits per heavy atom. The van der Waals surface area contributed by atoms with E-state index in [-0.39, 0.29) is 5.82 Å². The molecule has 9 nitrogen and oxygen atoms in total. The SMILES string of the molecule is CC(C)CC[C@@]1(n2cnc3c(N)ncnc32)O[C@H](CO)[C@@H](O)[C@H]1O. The Morgan fingerprint density at radius 1 is 1.33 bits per heavy atom. The van der Waals surface area contributed by atoms with Crippen molar-refractivity contribution in [2.45, 2.75) is 50.7 Å². The van der Waals surface area contributed by atoms with Gasteiger partial charge in [0.05, 0.1) is 12.9 Å². The molecule has 3 rings (SSSR count). The zero-order valence-corrected chi connectivity index (χ0v) is 13.7. The van der Waals surface area contributed by atoms with Crippen molar-refractivity contribution in [3.63, 3.8) is 0 Å². The van der Waals surface area contributed by atoms with Crippen LogP contribution in [0.5, 0.6) is 0 Å². The first kappa shape index (κ1) is 17.0. The molecule has 9 heteroatoms. The predicted octanol–water partition coefficient (Wildman–Crippen LogP) is -0.390. The molecule has 0 saturated carbocycles. The van der Waals surface area contributed by atoms with E-state index in [0.717, 1.165) is 6.42 Å². The van der Waals surface area contributed by atoms with Gasteiger partial charge >= 0.3 is 0 Å². The molecule has 0 unspecified atom stereocenters. The molecule has 3 heterocycles. The van der Waals surface area contributed by atoms with Crippen molar-refractivity contribution in [3.05, 3.63) is 12.7 Å². The van der Waals surface area contributed by atoms with Crippen molar-refractivity contribution in [1.29, 1.82) is 0 Å². The van der Waals surface area contributed by atoms with Crippen molar-refractivity contribution in [2.75, 3.05) is 12.3 Å². The maximum atomic E-state index is 10.7. The van der Waals surface area contributed by atoms with Gasteiger partial charge in [0.15, 0.2) is 17.2 Å². The van der Waals surface area contributed by atoms with Gasteiger partial charge in [-0.25, -0.2) is 15.0 Å². The number of aromatic nitrogens is 4. The van der Waals surface area contributed by atoms with Crippen LogP contribution in [0.25, 0.3) is 11.2 Å². The minimum atomic E-state index is -1.27. The van der Waals surface area contributed by atoms with E-state index in [1.165, 1.54) is 12.7 Å². The van der Waals surface area contributed by atoms with Crippen LogP contribution in [0.4, 0.5) is 5.82 Å². The molecule has 24 heavy (non-hydrogen) atoms. The zero-order chi connectivity index (χ0) is 17.5. The molecule has 0 amide bonds. The number of imidazole rings is 1. The standard InChI is InChI=1S/C15H23N5O4/c1-8(2)3-4-15(12(23)11(22)9(5-21)24-15)20-7-19-10-13(16)17-6-18-14(10)20/h6-9,11-12,21-23H,3-5H2,1-2H3,(H2,16,17,18)/t9-,11-,12-,15-/m1/s1. The van der Waals surface area contributed by atoms with E-state index in [1.807, 2.05) is 0 Å². The maximum Gasteiger partial charge on any atom is 0.176 e. The van der Waals surface area contributed by atoms with Gasteiger partial charge < -0.3 is 25.8 Å². The summed E-state index contributed by atoms with van der Waals surface area (Å²) in [6, 6.07) is 0. The summed E-state index contributed by atoms with van der Waals surface area (Å²) >= 11 is 0. The molecule has 1 aliphatic heterocycles. The van der Waals surface area contributed by atoms with Crippen molar-refractivity contribution in [3.8, 4) is 0 Å². The first-order valence-corrected chi connectivity index (χ1v) is 7.99. The van der Waals surface area contributed by atoms with E-state index in [4.69, 9.17) is 10.5 Å². The molecule has 0 radical (unpaired) electrons. The highest BCUT2D eigenvalue weighted by molar-refractivity contribution is 5.81. The van der Waals surface area contributed by atoms with Gasteiger partial charge in [-0.15, -0.1) is 0 Å². The topological polar surface area (TPSA) is 140 Å². The summed E-state index contributed by atoms with van der Waals surface area (Å²) in [5.41, 5.74) is 5.37. The van der Waals surface area contributed by atoms with Crippen LogP contribution in [-0.4, -0.2) is 59.8 Å². The van der Waals surface area contributed by atoms with Gasteiger partial charge in [-0.3, -0.25) is 4.57 Å². The largest absolute Gasteiger partial charge is 0.394 e. The van der Waals surface area contributed by atoms with Crippen LogP contribution in [-0.2, 0) is 10.5 Å². The number of ether oxygens (including phenoxy) is 1. The predicted molar refractivity (Wildman–Crippen MR) is 85.8 cm³/mol. The Morgan fingerprint density at radius 2 is 2.08 bits per heavy atom. The molecule has 1 aliphatic rings. The van der Waals surface area contributed by atoms with Crippen LogP contribution < -0.4 is 5.73 Å². The van der Waals surface area contributed by atoms with Crippen LogP contribution in [0.2, 0.25) is 0 Å². The molecule has 2 aromatic heterocycles. The number of nitrogen functional groups attached to an aromatic ring is 1. The van der Waals surface area contributed by atoms with E-state index in [9.17, 15) is 15.3 Å². The second kappa shape index (κ2) is 6.25. The lowest BCUT2D eigenvalue weighted by Gasteiger charge is -2.34. The molecular formula is C15H23N5O4. The highest BCUT2D eigenvalue weighted by Gasteiger charge is 2.55. The molecule has 1 fully saturated rings. The van der Waals surface area contributed by atoms with Gasteiger partial charge in [0, 0.05) is 0 Å². The number of hydrogen-bond donors (Lipinski definition) is 4. The number of fused-ring (bicyclic) bond motifs is 1. The minimum absolute atomic E-state index is 0.226. The summed E-state index contributed by atoms with van der Waals surface area (Å²) in [5.74, 6) is 0.585. The quantitative estimate of drug-likeness (QED) is 0.578. The molecule has 0 aliphatic carbocycles. The van der Waals surface area contributed by atoms with Gasteiger partial charge in [-0.1, -0.05) is 13.8 Å². The van der Waals surface area contributed by atoms with E-state index in [1.54, 1.807) is 4.57 Å². The summed E-state index contributed by atoms with van der Waals surface area (Å²) in [6.07, 6.45) is 0.625. The lowest BCUT2D eigenvalue weighted by atomic mass is 9.94. The van der Waals surface area contributed by atoms with Gasteiger partial charge in [0.1, 0.15) is 30.2 Å². The van der Waals surface area contributed by atoms with Gasteiger partial charge in [0.2, 0.25) is 0 Å². The molecule has 0 bridgehead atoms. The van der Waals surface area contributed by atoms with Gasteiger partial charge in [-0.2, -0.15) is 0 Å². The first-order chi connectivity index (χ1) is 11.4. The second-order valence-electron chi connectivity index (χ2n) is 6.60. The molecule has 5 N–H and O–H groups in total. The highest BCUT2D eigenvalue weighted by Crippen LogP contribution is 2.41. The fraction of sp³-hybridized carbons (Fsp3) is 0.667. The summed E-state index contributed by atoms with van der Waals surface area (Å²) in [7, 11) is 0. The molecule has 2 aromatic rings. The highest BCUT2D eigenvalue weighted by atomic mass is 16.6. The van der Waals surface area contributed by atoms with Crippen LogP contribution in [0.3, 0.4) is 0 Å². The van der Waals surface area contributed by atoms with E-state index in [0.29, 0.717) is 23.5 Å². The molecule has 1 saturated heterocycles. The number of nitrogens with two attached hydrogens (primary N) is 1. The third-order valence-electron chi connectivity index (χ3n) is 4.55. The lowest BCUT2D eigenvalue weighted by Crippen LogP contribution is -2.45. The first-order valence-electron chi connectivity index (χ1n) is 7.99.